The van der Waals surface area contributed by atoms with E-state index >= 15 is 0 Å². The molecule has 3 aromatic carbocycles. The van der Waals surface area contributed by atoms with Crippen molar-refractivity contribution < 1.29 is 14.6 Å². The maximum atomic E-state index is 12.3. The van der Waals surface area contributed by atoms with Crippen LogP contribution in [-0.4, -0.2) is 44.9 Å². The lowest BCUT2D eigenvalue weighted by Crippen LogP contribution is -2.20. The summed E-state index contributed by atoms with van der Waals surface area (Å²) in [6.45, 7) is 0. The van der Waals surface area contributed by atoms with Crippen LogP contribution in [0.5, 0.6) is 11.5 Å². The first kappa shape index (κ1) is 22.1. The number of para-hydroxylation sites is 2. The number of thioether (sulfide) groups is 1. The molecule has 0 aliphatic heterocycles. The minimum absolute atomic E-state index is 0.0890. The van der Waals surface area contributed by atoms with Crippen LogP contribution in [0.15, 0.2) is 89.1 Å². The molecule has 0 fully saturated rings. The van der Waals surface area contributed by atoms with Gasteiger partial charge in [0.05, 0.1) is 19.1 Å². The van der Waals surface area contributed by atoms with Gasteiger partial charge >= 0.3 is 0 Å². The third kappa shape index (κ3) is 5.39. The molecular weight excluding hydrogens is 438 g/mol. The Hall–Kier alpha value is -4.11. The highest BCUT2D eigenvalue weighted by Crippen LogP contribution is 2.28. The fourth-order valence-electron chi connectivity index (χ4n) is 3.03. The highest BCUT2D eigenvalue weighted by molar-refractivity contribution is 7.99. The number of ether oxygens (including phenoxy) is 1. The number of aromatic nitrogens is 3. The van der Waals surface area contributed by atoms with Crippen molar-refractivity contribution in [2.75, 3.05) is 12.9 Å². The Morgan fingerprint density at radius 2 is 1.79 bits per heavy atom. The number of nitrogens with zero attached hydrogens (tertiary/aromatic N) is 4. The van der Waals surface area contributed by atoms with Gasteiger partial charge in [-0.15, -0.1) is 10.2 Å². The van der Waals surface area contributed by atoms with Gasteiger partial charge in [-0.2, -0.15) is 5.10 Å². The van der Waals surface area contributed by atoms with Crippen molar-refractivity contribution in [3.63, 3.8) is 0 Å². The van der Waals surface area contributed by atoms with E-state index in [1.165, 1.54) is 18.0 Å². The molecule has 0 atom stereocenters. The number of carbonyl (C=O) groups is 1. The van der Waals surface area contributed by atoms with Crippen LogP contribution < -0.4 is 10.2 Å². The van der Waals surface area contributed by atoms with Crippen LogP contribution in [0.4, 0.5) is 0 Å². The normalized spacial score (nSPS) is 10.9. The number of amides is 1. The molecule has 0 bridgehead atoms. The zero-order chi connectivity index (χ0) is 23.0. The molecule has 0 spiro atoms. The SMILES string of the molecule is COc1ccc(-c2nnc(SCC(=O)NN=Cc3ccccc3O)n2-c2ccccc2)cc1. The molecule has 0 saturated heterocycles. The average molecular weight is 460 g/mol. The van der Waals surface area contributed by atoms with Crippen molar-refractivity contribution in [2.24, 2.45) is 5.10 Å². The fourth-order valence-corrected chi connectivity index (χ4v) is 3.78. The monoisotopic (exact) mass is 459 g/mol. The molecule has 0 aliphatic carbocycles. The van der Waals surface area contributed by atoms with Crippen molar-refractivity contribution in [3.8, 4) is 28.6 Å². The van der Waals surface area contributed by atoms with E-state index in [9.17, 15) is 9.90 Å². The van der Waals surface area contributed by atoms with Crippen molar-refractivity contribution in [1.82, 2.24) is 20.2 Å². The molecule has 1 heterocycles. The highest BCUT2D eigenvalue weighted by Gasteiger charge is 2.17. The minimum Gasteiger partial charge on any atom is -0.507 e. The molecule has 4 aromatic rings. The summed E-state index contributed by atoms with van der Waals surface area (Å²) in [5, 5.41) is 22.9. The second kappa shape index (κ2) is 10.5. The molecule has 0 unspecified atom stereocenters. The van der Waals surface area contributed by atoms with Crippen LogP contribution in [0.2, 0.25) is 0 Å². The van der Waals surface area contributed by atoms with E-state index in [-0.39, 0.29) is 17.4 Å². The molecule has 8 nitrogen and oxygen atoms in total. The Labute approximate surface area is 194 Å². The standard InChI is InChI=1S/C24H21N5O3S/c1-32-20-13-11-17(12-14-20)23-27-28-24(29(23)19-8-3-2-4-9-19)33-16-22(31)26-25-15-18-7-5-6-10-21(18)30/h2-15,30H,16H2,1H3,(H,26,31). The van der Waals surface area contributed by atoms with Gasteiger partial charge in [-0.25, -0.2) is 5.43 Å². The molecule has 9 heteroatoms. The maximum Gasteiger partial charge on any atom is 0.250 e. The molecule has 1 amide bonds. The number of carbonyl (C=O) groups excluding carboxylic acids is 1. The molecule has 166 valence electrons. The van der Waals surface area contributed by atoms with Gasteiger partial charge < -0.3 is 9.84 Å². The summed E-state index contributed by atoms with van der Waals surface area (Å²) < 4.78 is 7.15. The number of hydrogen-bond acceptors (Lipinski definition) is 7. The number of phenols is 1. The Morgan fingerprint density at radius 3 is 2.52 bits per heavy atom. The maximum absolute atomic E-state index is 12.3. The number of nitrogens with one attached hydrogen (secondary N) is 1. The van der Waals surface area contributed by atoms with Gasteiger partial charge in [0, 0.05) is 16.8 Å². The summed E-state index contributed by atoms with van der Waals surface area (Å²) in [7, 11) is 1.62. The number of benzene rings is 3. The molecule has 0 radical (unpaired) electrons. The Morgan fingerprint density at radius 1 is 1.06 bits per heavy atom. The number of hydrogen-bond donors (Lipinski definition) is 2. The van der Waals surface area contributed by atoms with Gasteiger partial charge in [0.15, 0.2) is 11.0 Å². The lowest BCUT2D eigenvalue weighted by atomic mass is 10.2. The number of hydrazone groups is 1. The summed E-state index contributed by atoms with van der Waals surface area (Å²) in [6, 6.07) is 24.0. The summed E-state index contributed by atoms with van der Waals surface area (Å²) in [6.07, 6.45) is 1.39. The summed E-state index contributed by atoms with van der Waals surface area (Å²) in [5.74, 6) is 1.28. The van der Waals surface area contributed by atoms with Crippen molar-refractivity contribution in [1.29, 1.82) is 0 Å². The van der Waals surface area contributed by atoms with Gasteiger partial charge in [-0.1, -0.05) is 42.1 Å². The van der Waals surface area contributed by atoms with Gasteiger partial charge in [0.1, 0.15) is 11.5 Å². The van der Waals surface area contributed by atoms with E-state index in [0.29, 0.717) is 16.5 Å². The molecule has 2 N–H and O–H groups in total. The highest BCUT2D eigenvalue weighted by atomic mass is 32.2. The Kier molecular flexibility index (Phi) is 7.01. The first-order valence-corrected chi connectivity index (χ1v) is 11.0. The van der Waals surface area contributed by atoms with Crippen molar-refractivity contribution in [3.05, 3.63) is 84.4 Å². The second-order valence-corrected chi connectivity index (χ2v) is 7.79. The predicted octanol–water partition coefficient (Wildman–Crippen LogP) is 3.89. The zero-order valence-electron chi connectivity index (χ0n) is 17.8. The molecule has 0 saturated carbocycles. The first-order chi connectivity index (χ1) is 16.2. The average Bonchev–Trinajstić information content (AvgIpc) is 3.28. The van der Waals surface area contributed by atoms with Gasteiger partial charge in [-0.3, -0.25) is 9.36 Å². The first-order valence-electron chi connectivity index (χ1n) is 10.0. The molecule has 1 aromatic heterocycles. The Bertz CT molecular complexity index is 1260. The van der Waals surface area contributed by atoms with Gasteiger partial charge in [-0.05, 0) is 48.5 Å². The summed E-state index contributed by atoms with van der Waals surface area (Å²) in [4.78, 5) is 12.3. The number of phenolic OH excluding ortho intramolecular Hbond substituents is 1. The van der Waals surface area contributed by atoms with E-state index in [1.54, 1.807) is 31.4 Å². The van der Waals surface area contributed by atoms with Crippen LogP contribution in [0, 0.1) is 0 Å². The van der Waals surface area contributed by atoms with Crippen LogP contribution in [0.3, 0.4) is 0 Å². The summed E-state index contributed by atoms with van der Waals surface area (Å²) >= 11 is 1.25. The third-order valence-electron chi connectivity index (χ3n) is 4.66. The van der Waals surface area contributed by atoms with Crippen LogP contribution in [-0.2, 0) is 4.79 Å². The topological polar surface area (TPSA) is 102 Å². The lowest BCUT2D eigenvalue weighted by molar-refractivity contribution is -0.118. The van der Waals surface area contributed by atoms with Crippen LogP contribution in [0.1, 0.15) is 5.56 Å². The van der Waals surface area contributed by atoms with Crippen molar-refractivity contribution in [2.45, 2.75) is 5.16 Å². The molecule has 0 aliphatic rings. The number of aromatic hydroxyl groups is 1. The smallest absolute Gasteiger partial charge is 0.250 e. The largest absolute Gasteiger partial charge is 0.507 e. The third-order valence-corrected chi connectivity index (χ3v) is 5.59. The van der Waals surface area contributed by atoms with E-state index in [2.05, 4.69) is 20.7 Å². The summed E-state index contributed by atoms with van der Waals surface area (Å²) in [5.41, 5.74) is 4.73. The van der Waals surface area contributed by atoms with E-state index in [0.717, 1.165) is 17.0 Å². The van der Waals surface area contributed by atoms with Gasteiger partial charge in [0.2, 0.25) is 0 Å². The molecule has 33 heavy (non-hydrogen) atoms. The Balaban J connectivity index is 1.51. The fraction of sp³-hybridized carbons (Fsp3) is 0.0833. The van der Waals surface area contributed by atoms with E-state index < -0.39 is 0 Å². The van der Waals surface area contributed by atoms with Crippen LogP contribution in [0.25, 0.3) is 17.1 Å². The zero-order valence-corrected chi connectivity index (χ0v) is 18.6. The molecule has 4 rings (SSSR count). The van der Waals surface area contributed by atoms with E-state index in [1.807, 2.05) is 59.2 Å². The van der Waals surface area contributed by atoms with Gasteiger partial charge in [0.25, 0.3) is 5.91 Å². The number of rotatable bonds is 8. The quantitative estimate of drug-likeness (QED) is 0.235. The van der Waals surface area contributed by atoms with Crippen LogP contribution >= 0.6 is 11.8 Å². The molecular formula is C24H21N5O3S. The minimum atomic E-state index is -0.305. The predicted molar refractivity (Wildman–Crippen MR) is 128 cm³/mol. The van der Waals surface area contributed by atoms with Crippen molar-refractivity contribution >= 4 is 23.9 Å². The second-order valence-electron chi connectivity index (χ2n) is 6.85. The van der Waals surface area contributed by atoms with E-state index in [4.69, 9.17) is 4.74 Å². The number of methoxy groups -OCH3 is 1. The lowest BCUT2D eigenvalue weighted by Gasteiger charge is -2.10.